The van der Waals surface area contributed by atoms with E-state index in [1.54, 1.807) is 16.8 Å². The van der Waals surface area contributed by atoms with Crippen molar-refractivity contribution in [3.05, 3.63) is 47.5 Å². The number of aromatic nitrogens is 3. The van der Waals surface area contributed by atoms with Gasteiger partial charge in [-0.2, -0.15) is 0 Å². The van der Waals surface area contributed by atoms with Gasteiger partial charge in [-0.25, -0.2) is 9.07 Å². The standard InChI is InChI=1S/C14H19FN4/c1-11(2)7-16-8-13-10-19(18-17-13)9-12-5-3-4-6-14(12)15/h3-6,10-11,16H,7-9H2,1-2H3. The summed E-state index contributed by atoms with van der Waals surface area (Å²) in [6.07, 6.45) is 1.85. The third kappa shape index (κ3) is 4.13. The summed E-state index contributed by atoms with van der Waals surface area (Å²) in [7, 11) is 0. The fourth-order valence-corrected chi connectivity index (χ4v) is 1.79. The van der Waals surface area contributed by atoms with E-state index in [4.69, 9.17) is 0 Å². The van der Waals surface area contributed by atoms with Crippen molar-refractivity contribution < 1.29 is 4.39 Å². The van der Waals surface area contributed by atoms with E-state index in [1.165, 1.54) is 6.07 Å². The molecular weight excluding hydrogens is 243 g/mol. The Bertz CT molecular complexity index is 522. The van der Waals surface area contributed by atoms with Crippen LogP contribution in [0.4, 0.5) is 4.39 Å². The molecule has 0 aliphatic rings. The Labute approximate surface area is 112 Å². The van der Waals surface area contributed by atoms with Crippen molar-refractivity contribution in [2.24, 2.45) is 5.92 Å². The molecule has 0 aliphatic heterocycles. The minimum Gasteiger partial charge on any atom is -0.311 e. The van der Waals surface area contributed by atoms with Gasteiger partial charge in [-0.05, 0) is 18.5 Å². The molecule has 0 radical (unpaired) electrons. The van der Waals surface area contributed by atoms with Gasteiger partial charge in [-0.3, -0.25) is 0 Å². The highest BCUT2D eigenvalue weighted by molar-refractivity contribution is 5.17. The van der Waals surface area contributed by atoms with E-state index in [9.17, 15) is 4.39 Å². The molecule has 1 heterocycles. The van der Waals surface area contributed by atoms with Crippen LogP contribution in [0.3, 0.4) is 0 Å². The van der Waals surface area contributed by atoms with Crippen LogP contribution in [0.15, 0.2) is 30.5 Å². The monoisotopic (exact) mass is 262 g/mol. The van der Waals surface area contributed by atoms with Gasteiger partial charge in [-0.15, -0.1) is 5.10 Å². The Morgan fingerprint density at radius 3 is 2.84 bits per heavy atom. The molecule has 0 amide bonds. The average Bonchev–Trinajstić information content (AvgIpc) is 2.79. The van der Waals surface area contributed by atoms with Gasteiger partial charge in [0.05, 0.1) is 18.4 Å². The Hall–Kier alpha value is -1.75. The Morgan fingerprint density at radius 2 is 2.11 bits per heavy atom. The van der Waals surface area contributed by atoms with Gasteiger partial charge in [0, 0.05) is 12.1 Å². The molecule has 1 N–H and O–H groups in total. The van der Waals surface area contributed by atoms with E-state index < -0.39 is 0 Å². The van der Waals surface area contributed by atoms with Crippen LogP contribution >= 0.6 is 0 Å². The third-order valence-electron chi connectivity index (χ3n) is 2.73. The van der Waals surface area contributed by atoms with Crippen molar-refractivity contribution in [2.75, 3.05) is 6.54 Å². The van der Waals surface area contributed by atoms with Crippen LogP contribution in [-0.4, -0.2) is 21.5 Å². The number of hydrogen-bond donors (Lipinski definition) is 1. The molecule has 0 saturated heterocycles. The van der Waals surface area contributed by atoms with Crippen molar-refractivity contribution in [1.82, 2.24) is 20.3 Å². The maximum absolute atomic E-state index is 13.5. The molecule has 0 bridgehead atoms. The number of hydrogen-bond acceptors (Lipinski definition) is 3. The average molecular weight is 262 g/mol. The molecule has 0 spiro atoms. The summed E-state index contributed by atoms with van der Waals surface area (Å²) in [6.45, 7) is 6.35. The highest BCUT2D eigenvalue weighted by atomic mass is 19.1. The van der Waals surface area contributed by atoms with Crippen LogP contribution in [0.2, 0.25) is 0 Å². The van der Waals surface area contributed by atoms with E-state index in [-0.39, 0.29) is 5.82 Å². The van der Waals surface area contributed by atoms with E-state index >= 15 is 0 Å². The van der Waals surface area contributed by atoms with Crippen LogP contribution in [0, 0.1) is 11.7 Å². The van der Waals surface area contributed by atoms with Crippen molar-refractivity contribution >= 4 is 0 Å². The molecule has 0 saturated carbocycles. The largest absolute Gasteiger partial charge is 0.311 e. The van der Waals surface area contributed by atoms with Gasteiger partial charge in [0.25, 0.3) is 0 Å². The van der Waals surface area contributed by atoms with Crippen LogP contribution in [0.25, 0.3) is 0 Å². The summed E-state index contributed by atoms with van der Waals surface area (Å²) in [5, 5.41) is 11.4. The summed E-state index contributed by atoms with van der Waals surface area (Å²) in [4.78, 5) is 0. The lowest BCUT2D eigenvalue weighted by atomic mass is 10.2. The molecule has 5 heteroatoms. The second-order valence-corrected chi connectivity index (χ2v) is 5.02. The number of benzene rings is 1. The van der Waals surface area contributed by atoms with Crippen LogP contribution < -0.4 is 5.32 Å². The zero-order valence-corrected chi connectivity index (χ0v) is 11.3. The Kier molecular flexibility index (Phi) is 4.63. The van der Waals surface area contributed by atoms with Crippen LogP contribution in [-0.2, 0) is 13.1 Å². The number of nitrogens with one attached hydrogen (secondary N) is 1. The van der Waals surface area contributed by atoms with Gasteiger partial charge < -0.3 is 5.32 Å². The van der Waals surface area contributed by atoms with E-state index in [0.717, 1.165) is 12.2 Å². The predicted octanol–water partition coefficient (Wildman–Crippen LogP) is 2.21. The summed E-state index contributed by atoms with van der Waals surface area (Å²) in [6, 6.07) is 6.72. The highest BCUT2D eigenvalue weighted by Crippen LogP contribution is 2.08. The lowest BCUT2D eigenvalue weighted by Gasteiger charge is -2.04. The molecule has 0 aliphatic carbocycles. The number of rotatable bonds is 6. The molecular formula is C14H19FN4. The van der Waals surface area contributed by atoms with Gasteiger partial charge in [0.15, 0.2) is 0 Å². The minimum absolute atomic E-state index is 0.211. The molecule has 2 aromatic rings. The van der Waals surface area contributed by atoms with Crippen molar-refractivity contribution in [3.8, 4) is 0 Å². The fraction of sp³-hybridized carbons (Fsp3) is 0.429. The summed E-state index contributed by atoms with van der Waals surface area (Å²) >= 11 is 0. The normalized spacial score (nSPS) is 11.2. The van der Waals surface area contributed by atoms with Gasteiger partial charge in [0.2, 0.25) is 0 Å². The Balaban J connectivity index is 1.92. The first-order chi connectivity index (χ1) is 9.15. The zero-order chi connectivity index (χ0) is 13.7. The fourth-order valence-electron chi connectivity index (χ4n) is 1.79. The molecule has 102 valence electrons. The van der Waals surface area contributed by atoms with E-state index in [0.29, 0.717) is 24.6 Å². The summed E-state index contributed by atoms with van der Waals surface area (Å²) < 4.78 is 15.2. The summed E-state index contributed by atoms with van der Waals surface area (Å²) in [5.74, 6) is 0.394. The molecule has 1 aromatic carbocycles. The van der Waals surface area contributed by atoms with E-state index in [2.05, 4.69) is 29.5 Å². The topological polar surface area (TPSA) is 42.7 Å². The maximum atomic E-state index is 13.5. The molecule has 1 aromatic heterocycles. The van der Waals surface area contributed by atoms with Crippen molar-refractivity contribution in [3.63, 3.8) is 0 Å². The quantitative estimate of drug-likeness (QED) is 0.868. The van der Waals surface area contributed by atoms with Gasteiger partial charge in [-0.1, -0.05) is 37.3 Å². The number of nitrogens with zero attached hydrogens (tertiary/aromatic N) is 3. The highest BCUT2D eigenvalue weighted by Gasteiger charge is 2.05. The van der Waals surface area contributed by atoms with E-state index in [1.807, 2.05) is 12.3 Å². The first kappa shape index (κ1) is 13.7. The Morgan fingerprint density at radius 1 is 1.32 bits per heavy atom. The smallest absolute Gasteiger partial charge is 0.128 e. The van der Waals surface area contributed by atoms with Crippen molar-refractivity contribution in [2.45, 2.75) is 26.9 Å². The molecule has 2 rings (SSSR count). The maximum Gasteiger partial charge on any atom is 0.128 e. The molecule has 19 heavy (non-hydrogen) atoms. The third-order valence-corrected chi connectivity index (χ3v) is 2.73. The zero-order valence-electron chi connectivity index (χ0n) is 11.3. The van der Waals surface area contributed by atoms with Gasteiger partial charge in [0.1, 0.15) is 5.82 Å². The summed E-state index contributed by atoms with van der Waals surface area (Å²) in [5.41, 5.74) is 1.49. The predicted molar refractivity (Wildman–Crippen MR) is 72.1 cm³/mol. The lowest BCUT2D eigenvalue weighted by Crippen LogP contribution is -2.19. The molecule has 4 nitrogen and oxygen atoms in total. The van der Waals surface area contributed by atoms with Gasteiger partial charge >= 0.3 is 0 Å². The molecule has 0 unspecified atom stereocenters. The SMILES string of the molecule is CC(C)CNCc1cn(Cc2ccccc2F)nn1. The minimum atomic E-state index is -0.211. The van der Waals surface area contributed by atoms with Crippen LogP contribution in [0.1, 0.15) is 25.1 Å². The first-order valence-electron chi connectivity index (χ1n) is 6.48. The van der Waals surface area contributed by atoms with Crippen molar-refractivity contribution in [1.29, 1.82) is 0 Å². The first-order valence-corrected chi connectivity index (χ1v) is 6.48. The van der Waals surface area contributed by atoms with Crippen LogP contribution in [0.5, 0.6) is 0 Å². The lowest BCUT2D eigenvalue weighted by molar-refractivity contribution is 0.548. The molecule has 0 atom stereocenters. The number of halogens is 1. The second kappa shape index (κ2) is 6.43. The molecule has 0 fully saturated rings. The second-order valence-electron chi connectivity index (χ2n) is 5.02.